The first kappa shape index (κ1) is 20.8. The van der Waals surface area contributed by atoms with E-state index in [2.05, 4.69) is 53.3 Å². The lowest BCUT2D eigenvalue weighted by Gasteiger charge is -2.32. The first-order chi connectivity index (χ1) is 14.1. The lowest BCUT2D eigenvalue weighted by atomic mass is 9.96. The minimum Gasteiger partial charge on any atom is -0.349 e. The van der Waals surface area contributed by atoms with E-state index in [1.165, 1.54) is 11.1 Å². The first-order valence-corrected chi connectivity index (χ1v) is 10.1. The number of carbonyl (C=O) groups excluding carboxylic acids is 2. The van der Waals surface area contributed by atoms with Gasteiger partial charge in [-0.25, -0.2) is 0 Å². The number of amides is 2. The van der Waals surface area contributed by atoms with Crippen molar-refractivity contribution in [1.29, 1.82) is 0 Å². The summed E-state index contributed by atoms with van der Waals surface area (Å²) >= 11 is 0. The zero-order chi connectivity index (χ0) is 20.6. The molecule has 2 N–H and O–H groups in total. The summed E-state index contributed by atoms with van der Waals surface area (Å²) in [6, 6.07) is 15.7. The normalized spacial score (nSPS) is 16.8. The Morgan fingerprint density at radius 2 is 1.93 bits per heavy atom. The van der Waals surface area contributed by atoms with E-state index in [1.807, 2.05) is 6.07 Å². The average Bonchev–Trinajstić information content (AvgIpc) is 2.74. The molecular weight excluding hydrogens is 362 g/mol. The third kappa shape index (κ3) is 5.78. The second-order valence-electron chi connectivity index (χ2n) is 7.59. The van der Waals surface area contributed by atoms with E-state index in [-0.39, 0.29) is 17.7 Å². The molecule has 0 spiro atoms. The van der Waals surface area contributed by atoms with Crippen LogP contribution < -0.4 is 10.6 Å². The van der Waals surface area contributed by atoms with Crippen molar-refractivity contribution in [3.63, 3.8) is 0 Å². The van der Waals surface area contributed by atoms with Crippen molar-refractivity contribution in [2.24, 2.45) is 5.92 Å². The molecule has 1 saturated heterocycles. The Morgan fingerprint density at radius 3 is 2.69 bits per heavy atom. The Hall–Kier alpha value is -2.92. The zero-order valence-corrected chi connectivity index (χ0v) is 17.0. The fraction of sp³-hybridized carbons (Fsp3) is 0.333. The van der Waals surface area contributed by atoms with Gasteiger partial charge in [0.1, 0.15) is 0 Å². The number of anilines is 1. The summed E-state index contributed by atoms with van der Waals surface area (Å²) in [5.41, 5.74) is 3.53. The Kier molecular flexibility index (Phi) is 7.19. The van der Waals surface area contributed by atoms with Gasteiger partial charge in [-0.15, -0.1) is 6.58 Å². The fourth-order valence-electron chi connectivity index (χ4n) is 3.65. The lowest BCUT2D eigenvalue weighted by Crippen LogP contribution is -2.40. The molecule has 0 saturated carbocycles. The van der Waals surface area contributed by atoms with Gasteiger partial charge in [-0.3, -0.25) is 14.5 Å². The first-order valence-electron chi connectivity index (χ1n) is 10.1. The predicted molar refractivity (Wildman–Crippen MR) is 117 cm³/mol. The summed E-state index contributed by atoms with van der Waals surface area (Å²) in [4.78, 5) is 27.6. The average molecular weight is 392 g/mol. The summed E-state index contributed by atoms with van der Waals surface area (Å²) in [7, 11) is 0. The maximum Gasteiger partial charge on any atom is 0.253 e. The van der Waals surface area contributed by atoms with Crippen LogP contribution in [0.15, 0.2) is 61.2 Å². The predicted octanol–water partition coefficient (Wildman–Crippen LogP) is 3.76. The molecule has 0 aromatic heterocycles. The highest BCUT2D eigenvalue weighted by Gasteiger charge is 2.26. The molecule has 2 aromatic carbocycles. The highest BCUT2D eigenvalue weighted by molar-refractivity contribution is 6.04. The van der Waals surface area contributed by atoms with Gasteiger partial charge in [0.25, 0.3) is 5.91 Å². The summed E-state index contributed by atoms with van der Waals surface area (Å²) in [6.07, 6.45) is 3.48. The standard InChI is InChI=1S/C24H29N3O2/c1-3-14-25-24(29)21-8-4-5-9-22(21)26-23(28)20-7-6-15-27(17-20)16-19-12-10-18(2)11-13-19/h3-5,8-13,20H,1,6-7,14-17H2,2H3,(H,25,29)(H,26,28). The number of nitrogens with one attached hydrogen (secondary N) is 2. The molecule has 1 aliphatic rings. The Labute approximate surface area is 172 Å². The summed E-state index contributed by atoms with van der Waals surface area (Å²) in [5, 5.41) is 5.74. The van der Waals surface area contributed by atoms with E-state index in [0.717, 1.165) is 32.5 Å². The topological polar surface area (TPSA) is 61.4 Å². The molecule has 1 atom stereocenters. The number of likely N-dealkylation sites (tertiary alicyclic amines) is 1. The molecule has 2 amide bonds. The van der Waals surface area contributed by atoms with Crippen molar-refractivity contribution in [1.82, 2.24) is 10.2 Å². The largest absolute Gasteiger partial charge is 0.349 e. The number of rotatable bonds is 7. The minimum absolute atomic E-state index is 0.0254. The highest BCUT2D eigenvalue weighted by Crippen LogP contribution is 2.22. The molecule has 0 aliphatic carbocycles. The molecule has 1 aliphatic heterocycles. The SMILES string of the molecule is C=CCNC(=O)c1ccccc1NC(=O)C1CCCN(Cc2ccc(C)cc2)C1. The fourth-order valence-corrected chi connectivity index (χ4v) is 3.65. The summed E-state index contributed by atoms with van der Waals surface area (Å²) < 4.78 is 0. The van der Waals surface area contributed by atoms with E-state index < -0.39 is 0 Å². The van der Waals surface area contributed by atoms with Crippen LogP contribution in [-0.2, 0) is 11.3 Å². The maximum absolute atomic E-state index is 12.9. The quantitative estimate of drug-likeness (QED) is 0.707. The number of hydrogen-bond acceptors (Lipinski definition) is 3. The van der Waals surface area contributed by atoms with Crippen LogP contribution in [0.1, 0.15) is 34.3 Å². The molecule has 2 aromatic rings. The second-order valence-corrected chi connectivity index (χ2v) is 7.59. The van der Waals surface area contributed by atoms with Gasteiger partial charge >= 0.3 is 0 Å². The second kappa shape index (κ2) is 10.0. The van der Waals surface area contributed by atoms with Gasteiger partial charge in [0.05, 0.1) is 17.2 Å². The number of benzene rings is 2. The Bertz CT molecular complexity index is 861. The number of hydrogen-bond donors (Lipinski definition) is 2. The molecule has 29 heavy (non-hydrogen) atoms. The highest BCUT2D eigenvalue weighted by atomic mass is 16.2. The summed E-state index contributed by atoms with van der Waals surface area (Å²) in [6.45, 7) is 8.66. The van der Waals surface area contributed by atoms with Crippen LogP contribution in [0.3, 0.4) is 0 Å². The van der Waals surface area contributed by atoms with Crippen molar-refractivity contribution in [2.75, 3.05) is 25.0 Å². The smallest absolute Gasteiger partial charge is 0.253 e. The van der Waals surface area contributed by atoms with Crippen LogP contribution >= 0.6 is 0 Å². The molecule has 0 bridgehead atoms. The number of nitrogens with zero attached hydrogens (tertiary/aromatic N) is 1. The van der Waals surface area contributed by atoms with E-state index >= 15 is 0 Å². The van der Waals surface area contributed by atoms with E-state index in [4.69, 9.17) is 0 Å². The molecule has 5 nitrogen and oxygen atoms in total. The molecule has 5 heteroatoms. The van der Waals surface area contributed by atoms with Crippen LogP contribution in [0.4, 0.5) is 5.69 Å². The molecule has 1 heterocycles. The van der Waals surface area contributed by atoms with Crippen LogP contribution in [-0.4, -0.2) is 36.3 Å². The van der Waals surface area contributed by atoms with Crippen LogP contribution in [0.5, 0.6) is 0 Å². The monoisotopic (exact) mass is 391 g/mol. The third-order valence-electron chi connectivity index (χ3n) is 5.24. The van der Waals surface area contributed by atoms with Gasteiger partial charge < -0.3 is 10.6 Å². The molecule has 1 fully saturated rings. The third-order valence-corrected chi connectivity index (χ3v) is 5.24. The number of aryl methyl sites for hydroxylation is 1. The van der Waals surface area contributed by atoms with Gasteiger partial charge in [-0.1, -0.05) is 48.0 Å². The number of para-hydroxylation sites is 1. The Morgan fingerprint density at radius 1 is 1.17 bits per heavy atom. The zero-order valence-electron chi connectivity index (χ0n) is 17.0. The number of piperidine rings is 1. The van der Waals surface area contributed by atoms with Crippen LogP contribution in [0.25, 0.3) is 0 Å². The Balaban J connectivity index is 1.62. The summed E-state index contributed by atoms with van der Waals surface area (Å²) in [5.74, 6) is -0.327. The van der Waals surface area contributed by atoms with Crippen LogP contribution in [0.2, 0.25) is 0 Å². The molecule has 152 valence electrons. The molecule has 3 rings (SSSR count). The van der Waals surface area contributed by atoms with Gasteiger partial charge in [0, 0.05) is 19.6 Å². The van der Waals surface area contributed by atoms with Crippen molar-refractivity contribution >= 4 is 17.5 Å². The van der Waals surface area contributed by atoms with Gasteiger partial charge in [-0.2, -0.15) is 0 Å². The minimum atomic E-state index is -0.217. The molecule has 1 unspecified atom stereocenters. The molecular formula is C24H29N3O2. The van der Waals surface area contributed by atoms with Crippen molar-refractivity contribution < 1.29 is 9.59 Å². The van der Waals surface area contributed by atoms with E-state index in [9.17, 15) is 9.59 Å². The van der Waals surface area contributed by atoms with Crippen molar-refractivity contribution in [3.05, 3.63) is 77.9 Å². The maximum atomic E-state index is 12.9. The van der Waals surface area contributed by atoms with Crippen molar-refractivity contribution in [2.45, 2.75) is 26.3 Å². The lowest BCUT2D eigenvalue weighted by molar-refractivity contribution is -0.121. The van der Waals surface area contributed by atoms with Crippen molar-refractivity contribution in [3.8, 4) is 0 Å². The molecule has 0 radical (unpaired) electrons. The van der Waals surface area contributed by atoms with Gasteiger partial charge in [-0.05, 0) is 44.0 Å². The van der Waals surface area contributed by atoms with Gasteiger partial charge in [0.15, 0.2) is 0 Å². The van der Waals surface area contributed by atoms with E-state index in [0.29, 0.717) is 17.8 Å². The van der Waals surface area contributed by atoms with Gasteiger partial charge in [0.2, 0.25) is 5.91 Å². The van der Waals surface area contributed by atoms with Crippen LogP contribution in [0, 0.1) is 12.8 Å². The number of carbonyl (C=O) groups is 2. The van der Waals surface area contributed by atoms with E-state index in [1.54, 1.807) is 24.3 Å².